The molecule has 1 N–H and O–H groups in total. The number of rotatable bonds is 2. The van der Waals surface area contributed by atoms with E-state index in [2.05, 4.69) is 15.3 Å². The summed E-state index contributed by atoms with van der Waals surface area (Å²) >= 11 is 5.59. The van der Waals surface area contributed by atoms with E-state index >= 15 is 0 Å². The van der Waals surface area contributed by atoms with Gasteiger partial charge in [-0.3, -0.25) is 4.98 Å². The van der Waals surface area contributed by atoms with Gasteiger partial charge in [-0.2, -0.15) is 13.2 Å². The fourth-order valence-corrected chi connectivity index (χ4v) is 1.52. The monoisotopic (exact) mass is 291 g/mol. The molecule has 0 aliphatic heterocycles. The van der Waals surface area contributed by atoms with Gasteiger partial charge in [0.15, 0.2) is 5.82 Å². The van der Waals surface area contributed by atoms with Crippen LogP contribution in [0.2, 0.25) is 5.15 Å². The Kier molecular flexibility index (Phi) is 3.57. The summed E-state index contributed by atoms with van der Waals surface area (Å²) in [6, 6.07) is 2.54. The van der Waals surface area contributed by atoms with E-state index < -0.39 is 17.6 Å². The van der Waals surface area contributed by atoms with Gasteiger partial charge >= 0.3 is 6.18 Å². The van der Waals surface area contributed by atoms with Gasteiger partial charge in [-0.1, -0.05) is 11.6 Å². The third-order valence-electron chi connectivity index (χ3n) is 2.15. The van der Waals surface area contributed by atoms with Crippen molar-refractivity contribution in [3.63, 3.8) is 0 Å². The van der Waals surface area contributed by atoms with Crippen LogP contribution in [0.25, 0.3) is 0 Å². The van der Waals surface area contributed by atoms with E-state index in [1.807, 2.05) is 0 Å². The maximum Gasteiger partial charge on any atom is 0.419 e. The minimum Gasteiger partial charge on any atom is -0.339 e. The molecule has 3 nitrogen and oxygen atoms in total. The molecule has 8 heteroatoms. The molecule has 0 amide bonds. The van der Waals surface area contributed by atoms with Gasteiger partial charge < -0.3 is 5.32 Å². The molecule has 1 aromatic heterocycles. The summed E-state index contributed by atoms with van der Waals surface area (Å²) in [4.78, 5) is 7.52. The number of halogens is 5. The first-order chi connectivity index (χ1) is 8.86. The minimum absolute atomic E-state index is 0.0327. The Morgan fingerprint density at radius 2 is 1.89 bits per heavy atom. The second kappa shape index (κ2) is 5.00. The van der Waals surface area contributed by atoms with E-state index in [9.17, 15) is 17.6 Å². The molecule has 0 unspecified atom stereocenters. The van der Waals surface area contributed by atoms with Crippen LogP contribution in [0.15, 0.2) is 30.6 Å². The topological polar surface area (TPSA) is 37.8 Å². The van der Waals surface area contributed by atoms with Crippen molar-refractivity contribution in [2.45, 2.75) is 6.18 Å². The number of aromatic nitrogens is 2. The number of hydrogen-bond donors (Lipinski definition) is 1. The smallest absolute Gasteiger partial charge is 0.339 e. The Labute approximate surface area is 110 Å². The van der Waals surface area contributed by atoms with Crippen molar-refractivity contribution in [2.75, 3.05) is 5.32 Å². The fraction of sp³-hybridized carbons (Fsp3) is 0.0909. The van der Waals surface area contributed by atoms with E-state index in [-0.39, 0.29) is 16.7 Å². The minimum atomic E-state index is -4.76. The molecule has 1 aromatic carbocycles. The summed E-state index contributed by atoms with van der Waals surface area (Å²) in [7, 11) is 0. The van der Waals surface area contributed by atoms with Gasteiger partial charge in [0.25, 0.3) is 0 Å². The second-order valence-corrected chi connectivity index (χ2v) is 3.93. The van der Waals surface area contributed by atoms with Gasteiger partial charge in [0, 0.05) is 5.69 Å². The molecule has 2 rings (SSSR count). The van der Waals surface area contributed by atoms with E-state index in [1.54, 1.807) is 0 Å². The zero-order chi connectivity index (χ0) is 14.0. The van der Waals surface area contributed by atoms with Crippen LogP contribution in [0.3, 0.4) is 0 Å². The zero-order valence-electron chi connectivity index (χ0n) is 9.17. The third-order valence-corrected chi connectivity index (χ3v) is 2.33. The predicted octanol–water partition coefficient (Wildman–Crippen LogP) is 4.03. The summed E-state index contributed by atoms with van der Waals surface area (Å²) in [6.07, 6.45) is -2.21. The molecule has 0 aliphatic carbocycles. The summed E-state index contributed by atoms with van der Waals surface area (Å²) in [5.41, 5.74) is -1.32. The molecule has 0 bridgehead atoms. The maximum atomic E-state index is 13.1. The molecule has 0 atom stereocenters. The van der Waals surface area contributed by atoms with Crippen LogP contribution in [0, 0.1) is 5.82 Å². The number of hydrogen-bond acceptors (Lipinski definition) is 3. The average Bonchev–Trinajstić information content (AvgIpc) is 2.30. The fourth-order valence-electron chi connectivity index (χ4n) is 1.37. The number of anilines is 2. The summed E-state index contributed by atoms with van der Waals surface area (Å²) in [6.45, 7) is 0. The lowest BCUT2D eigenvalue weighted by Gasteiger charge is -2.11. The van der Waals surface area contributed by atoms with E-state index in [4.69, 9.17) is 11.6 Å². The van der Waals surface area contributed by atoms with Crippen LogP contribution in [-0.4, -0.2) is 9.97 Å². The van der Waals surface area contributed by atoms with Crippen molar-refractivity contribution < 1.29 is 17.6 Å². The number of nitrogens with zero attached hydrogens (tertiary/aromatic N) is 2. The molecular formula is C11H6ClF4N3. The molecule has 19 heavy (non-hydrogen) atoms. The Balaban J connectivity index is 2.32. The van der Waals surface area contributed by atoms with Gasteiger partial charge in [-0.25, -0.2) is 9.37 Å². The Morgan fingerprint density at radius 1 is 1.16 bits per heavy atom. The first-order valence-corrected chi connectivity index (χ1v) is 5.35. The molecule has 0 fully saturated rings. The second-order valence-electron chi connectivity index (χ2n) is 3.54. The van der Waals surface area contributed by atoms with Crippen LogP contribution in [-0.2, 0) is 6.18 Å². The van der Waals surface area contributed by atoms with E-state index in [0.29, 0.717) is 6.07 Å². The molecule has 2 aromatic rings. The number of alkyl halides is 3. The summed E-state index contributed by atoms with van der Waals surface area (Å²) < 4.78 is 50.6. The highest BCUT2D eigenvalue weighted by Crippen LogP contribution is 2.33. The SMILES string of the molecule is Fc1ccc(Nc2cncc(Cl)n2)cc1C(F)(F)F. The van der Waals surface area contributed by atoms with Crippen molar-refractivity contribution in [2.24, 2.45) is 0 Å². The zero-order valence-corrected chi connectivity index (χ0v) is 9.93. The number of nitrogens with one attached hydrogen (secondary N) is 1. The van der Waals surface area contributed by atoms with Crippen molar-refractivity contribution in [3.05, 3.63) is 47.1 Å². The van der Waals surface area contributed by atoms with Gasteiger partial charge in [0.2, 0.25) is 0 Å². The first-order valence-electron chi connectivity index (χ1n) is 4.97. The van der Waals surface area contributed by atoms with Crippen molar-refractivity contribution in [1.82, 2.24) is 9.97 Å². The molecule has 0 aliphatic rings. The van der Waals surface area contributed by atoms with E-state index in [0.717, 1.165) is 12.1 Å². The van der Waals surface area contributed by atoms with Crippen molar-refractivity contribution >= 4 is 23.1 Å². The van der Waals surface area contributed by atoms with Crippen LogP contribution in [0.4, 0.5) is 29.1 Å². The highest BCUT2D eigenvalue weighted by molar-refractivity contribution is 6.29. The van der Waals surface area contributed by atoms with Crippen LogP contribution >= 0.6 is 11.6 Å². The number of benzene rings is 1. The summed E-state index contributed by atoms with van der Waals surface area (Å²) in [5.74, 6) is -1.18. The van der Waals surface area contributed by atoms with Crippen molar-refractivity contribution in [1.29, 1.82) is 0 Å². The maximum absolute atomic E-state index is 13.1. The average molecular weight is 292 g/mol. The van der Waals surface area contributed by atoms with Crippen LogP contribution < -0.4 is 5.32 Å². The highest BCUT2D eigenvalue weighted by Gasteiger charge is 2.34. The Morgan fingerprint density at radius 3 is 2.53 bits per heavy atom. The molecular weight excluding hydrogens is 286 g/mol. The molecule has 0 saturated carbocycles. The lowest BCUT2D eigenvalue weighted by Crippen LogP contribution is -2.08. The Bertz CT molecular complexity index is 601. The highest BCUT2D eigenvalue weighted by atomic mass is 35.5. The van der Waals surface area contributed by atoms with Crippen LogP contribution in [0.5, 0.6) is 0 Å². The van der Waals surface area contributed by atoms with Gasteiger partial charge in [0.1, 0.15) is 11.0 Å². The quantitative estimate of drug-likeness (QED) is 0.849. The van der Waals surface area contributed by atoms with Gasteiger partial charge in [0.05, 0.1) is 18.0 Å². The first kappa shape index (κ1) is 13.5. The molecule has 0 radical (unpaired) electrons. The lowest BCUT2D eigenvalue weighted by molar-refractivity contribution is -0.139. The lowest BCUT2D eigenvalue weighted by atomic mass is 10.2. The molecule has 0 spiro atoms. The standard InChI is InChI=1S/C11H6ClF4N3/c12-9-4-17-5-10(19-9)18-6-1-2-8(13)7(3-6)11(14,15)16/h1-5H,(H,18,19). The third kappa shape index (κ3) is 3.31. The van der Waals surface area contributed by atoms with Gasteiger partial charge in [-0.05, 0) is 18.2 Å². The summed E-state index contributed by atoms with van der Waals surface area (Å²) in [5, 5.41) is 2.65. The van der Waals surface area contributed by atoms with Crippen LogP contribution in [0.1, 0.15) is 5.56 Å². The largest absolute Gasteiger partial charge is 0.419 e. The molecule has 1 heterocycles. The molecule has 100 valence electrons. The molecule has 0 saturated heterocycles. The predicted molar refractivity (Wildman–Crippen MR) is 61.7 cm³/mol. The van der Waals surface area contributed by atoms with Gasteiger partial charge in [-0.15, -0.1) is 0 Å². The normalized spacial score (nSPS) is 11.4. The van der Waals surface area contributed by atoms with Crippen molar-refractivity contribution in [3.8, 4) is 0 Å². The van der Waals surface area contributed by atoms with E-state index in [1.165, 1.54) is 12.4 Å². The Hall–Kier alpha value is -1.89.